The van der Waals surface area contributed by atoms with Crippen molar-refractivity contribution in [2.75, 3.05) is 18.1 Å². The summed E-state index contributed by atoms with van der Waals surface area (Å²) in [5.74, 6) is -1.33. The quantitative estimate of drug-likeness (QED) is 0.372. The molecule has 4 aromatic rings. The molecule has 0 fully saturated rings. The smallest absolute Gasteiger partial charge is 0.417 e. The molecular formula is C25H20F4N4O2. The third-order valence-corrected chi connectivity index (χ3v) is 5.90. The summed E-state index contributed by atoms with van der Waals surface area (Å²) >= 11 is 0. The third kappa shape index (κ3) is 4.31. The zero-order chi connectivity index (χ0) is 24.7. The maximum Gasteiger partial charge on any atom is 0.417 e. The van der Waals surface area contributed by atoms with Crippen LogP contribution < -0.4 is 9.64 Å². The molecule has 0 saturated heterocycles. The fraction of sp³-hybridized carbons (Fsp3) is 0.240. The summed E-state index contributed by atoms with van der Waals surface area (Å²) in [7, 11) is 0. The van der Waals surface area contributed by atoms with Gasteiger partial charge in [0.2, 0.25) is 5.88 Å². The fourth-order valence-electron chi connectivity index (χ4n) is 4.36. The van der Waals surface area contributed by atoms with Gasteiger partial charge in [0.15, 0.2) is 12.3 Å². The molecule has 3 heterocycles. The number of fused-ring (bicyclic) bond motifs is 2. The van der Waals surface area contributed by atoms with Crippen LogP contribution in [0.5, 0.6) is 5.88 Å². The topological polar surface area (TPSA) is 60.2 Å². The minimum Gasteiger partial charge on any atom is -0.467 e. The van der Waals surface area contributed by atoms with Gasteiger partial charge in [-0.05, 0) is 49.6 Å². The Balaban J connectivity index is 1.51. The van der Waals surface area contributed by atoms with Gasteiger partial charge in [-0.15, -0.1) is 0 Å². The number of aromatic nitrogens is 3. The van der Waals surface area contributed by atoms with Crippen LogP contribution in [-0.2, 0) is 17.4 Å². The Morgan fingerprint density at radius 2 is 1.91 bits per heavy atom. The van der Waals surface area contributed by atoms with Crippen molar-refractivity contribution in [2.24, 2.45) is 0 Å². The van der Waals surface area contributed by atoms with E-state index < -0.39 is 24.2 Å². The SMILES string of the molecule is Cc1nn(-c2cccc(F)c2)c2nc(OCC(=O)N3CCCc4ccccc43)cc(C(F)(F)F)c12. The second-order valence-corrected chi connectivity index (χ2v) is 8.25. The largest absolute Gasteiger partial charge is 0.467 e. The van der Waals surface area contributed by atoms with E-state index in [-0.39, 0.29) is 34.2 Å². The normalized spacial score (nSPS) is 13.7. The van der Waals surface area contributed by atoms with E-state index in [9.17, 15) is 22.4 Å². The molecule has 0 spiro atoms. The first kappa shape index (κ1) is 22.8. The molecule has 6 nitrogen and oxygen atoms in total. The lowest BCUT2D eigenvalue weighted by Gasteiger charge is -2.29. The van der Waals surface area contributed by atoms with Crippen LogP contribution in [0.2, 0.25) is 0 Å². The molecule has 35 heavy (non-hydrogen) atoms. The maximum atomic E-state index is 14.0. The Morgan fingerprint density at radius 3 is 2.69 bits per heavy atom. The summed E-state index contributed by atoms with van der Waals surface area (Å²) in [4.78, 5) is 18.7. The molecule has 0 bridgehead atoms. The van der Waals surface area contributed by atoms with Crippen LogP contribution in [0.25, 0.3) is 16.7 Å². The number of halogens is 4. The van der Waals surface area contributed by atoms with Crippen LogP contribution >= 0.6 is 0 Å². The van der Waals surface area contributed by atoms with Crippen molar-refractivity contribution in [1.29, 1.82) is 0 Å². The minimum atomic E-state index is -4.73. The highest BCUT2D eigenvalue weighted by Gasteiger charge is 2.36. The standard InChI is InChI=1S/C25H20F4N4O2/c1-15-23-19(25(27,28)29)13-21(30-24(23)33(31-15)18-9-4-8-17(26)12-18)35-14-22(34)32-11-5-7-16-6-2-3-10-20(16)32/h2-4,6,8-10,12-13H,5,7,11,14H2,1H3. The van der Waals surface area contributed by atoms with E-state index >= 15 is 0 Å². The highest BCUT2D eigenvalue weighted by atomic mass is 19.4. The summed E-state index contributed by atoms with van der Waals surface area (Å²) in [6, 6.07) is 13.6. The zero-order valence-corrected chi connectivity index (χ0v) is 18.6. The van der Waals surface area contributed by atoms with Crippen molar-refractivity contribution in [2.45, 2.75) is 25.9 Å². The molecule has 180 valence electrons. The Kier molecular flexibility index (Phi) is 5.66. The molecule has 0 atom stereocenters. The van der Waals surface area contributed by atoms with Crippen LogP contribution in [0, 0.1) is 12.7 Å². The van der Waals surface area contributed by atoms with Gasteiger partial charge in [0.25, 0.3) is 5.91 Å². The van der Waals surface area contributed by atoms with Gasteiger partial charge in [-0.1, -0.05) is 24.3 Å². The van der Waals surface area contributed by atoms with Crippen molar-refractivity contribution in [3.63, 3.8) is 0 Å². The number of rotatable bonds is 4. The molecule has 2 aromatic heterocycles. The molecule has 1 aliphatic rings. The van der Waals surface area contributed by atoms with Crippen molar-refractivity contribution < 1.29 is 27.1 Å². The molecule has 0 unspecified atom stereocenters. The van der Waals surface area contributed by atoms with Gasteiger partial charge < -0.3 is 9.64 Å². The van der Waals surface area contributed by atoms with Crippen molar-refractivity contribution >= 4 is 22.6 Å². The Labute approximate surface area is 197 Å². The number of aryl methyl sites for hydroxylation is 2. The highest BCUT2D eigenvalue weighted by Crippen LogP contribution is 2.38. The molecule has 0 saturated carbocycles. The molecule has 2 aromatic carbocycles. The lowest BCUT2D eigenvalue weighted by Crippen LogP contribution is -2.38. The summed E-state index contributed by atoms with van der Waals surface area (Å²) < 4.78 is 62.3. The molecule has 5 rings (SSSR count). The number of benzene rings is 2. The number of hydrogen-bond donors (Lipinski definition) is 0. The van der Waals surface area contributed by atoms with Crippen LogP contribution in [0.1, 0.15) is 23.2 Å². The number of para-hydroxylation sites is 1. The van der Waals surface area contributed by atoms with Crippen molar-refractivity contribution in [3.8, 4) is 11.6 Å². The summed E-state index contributed by atoms with van der Waals surface area (Å²) in [6.45, 7) is 1.43. The van der Waals surface area contributed by atoms with Crippen LogP contribution in [0.15, 0.2) is 54.6 Å². The van der Waals surface area contributed by atoms with Gasteiger partial charge in [-0.3, -0.25) is 4.79 Å². The van der Waals surface area contributed by atoms with Crippen LogP contribution in [0.4, 0.5) is 23.2 Å². The Morgan fingerprint density at radius 1 is 1.11 bits per heavy atom. The number of carbonyl (C=O) groups excluding carboxylic acids is 1. The second kappa shape index (κ2) is 8.68. The maximum absolute atomic E-state index is 14.0. The van der Waals surface area contributed by atoms with E-state index in [4.69, 9.17) is 4.74 Å². The first-order chi connectivity index (χ1) is 16.7. The monoisotopic (exact) mass is 484 g/mol. The van der Waals surface area contributed by atoms with E-state index in [1.807, 2.05) is 24.3 Å². The van der Waals surface area contributed by atoms with Crippen molar-refractivity contribution in [3.05, 3.63) is 77.2 Å². The number of hydrogen-bond acceptors (Lipinski definition) is 4. The van der Waals surface area contributed by atoms with Gasteiger partial charge in [-0.25, -0.2) is 9.07 Å². The van der Waals surface area contributed by atoms with Crippen LogP contribution in [0.3, 0.4) is 0 Å². The number of ether oxygens (including phenoxy) is 1. The van der Waals surface area contributed by atoms with E-state index in [0.717, 1.165) is 40.9 Å². The van der Waals surface area contributed by atoms with Gasteiger partial charge in [-0.2, -0.15) is 23.3 Å². The fourth-order valence-corrected chi connectivity index (χ4v) is 4.36. The second-order valence-electron chi connectivity index (χ2n) is 8.25. The number of alkyl halides is 3. The molecule has 10 heteroatoms. The molecular weight excluding hydrogens is 464 g/mol. The average molecular weight is 484 g/mol. The first-order valence-corrected chi connectivity index (χ1v) is 11.0. The molecule has 0 N–H and O–H groups in total. The van der Waals surface area contributed by atoms with E-state index in [0.29, 0.717) is 6.54 Å². The molecule has 0 radical (unpaired) electrons. The van der Waals surface area contributed by atoms with E-state index in [2.05, 4.69) is 10.1 Å². The highest BCUT2D eigenvalue weighted by molar-refractivity contribution is 5.95. The van der Waals surface area contributed by atoms with E-state index in [1.54, 1.807) is 4.90 Å². The first-order valence-electron chi connectivity index (χ1n) is 11.0. The summed E-state index contributed by atoms with van der Waals surface area (Å²) in [6.07, 6.45) is -3.11. The lowest BCUT2D eigenvalue weighted by molar-refractivity contribution is -0.136. The number of carbonyl (C=O) groups is 1. The number of amides is 1. The molecule has 0 aliphatic carbocycles. The van der Waals surface area contributed by atoms with Crippen LogP contribution in [-0.4, -0.2) is 33.8 Å². The molecule has 1 aliphatic heterocycles. The van der Waals surface area contributed by atoms with Gasteiger partial charge in [0.1, 0.15) is 5.82 Å². The lowest BCUT2D eigenvalue weighted by atomic mass is 10.0. The third-order valence-electron chi connectivity index (χ3n) is 5.90. The number of anilines is 1. The van der Waals surface area contributed by atoms with Gasteiger partial charge in [0, 0.05) is 18.3 Å². The zero-order valence-electron chi connectivity index (χ0n) is 18.6. The predicted octanol–water partition coefficient (Wildman–Crippen LogP) is 5.25. The Bertz CT molecular complexity index is 1430. The van der Waals surface area contributed by atoms with Gasteiger partial charge >= 0.3 is 6.18 Å². The molecule has 1 amide bonds. The van der Waals surface area contributed by atoms with Crippen molar-refractivity contribution in [1.82, 2.24) is 14.8 Å². The van der Waals surface area contributed by atoms with E-state index in [1.165, 1.54) is 25.1 Å². The Hall–Kier alpha value is -3.95. The minimum absolute atomic E-state index is 0.0802. The average Bonchev–Trinajstić information content (AvgIpc) is 3.17. The van der Waals surface area contributed by atoms with Gasteiger partial charge in [0.05, 0.1) is 22.3 Å². The number of pyridine rings is 1. The summed E-state index contributed by atoms with van der Waals surface area (Å²) in [5, 5.41) is 3.95. The number of nitrogens with zero attached hydrogens (tertiary/aromatic N) is 4. The summed E-state index contributed by atoms with van der Waals surface area (Å²) in [5.41, 5.74) is 0.952. The predicted molar refractivity (Wildman–Crippen MR) is 121 cm³/mol.